The highest BCUT2D eigenvalue weighted by atomic mass is 16.1. The lowest BCUT2D eigenvalue weighted by Gasteiger charge is -2.19. The van der Waals surface area contributed by atoms with Crippen molar-refractivity contribution in [2.75, 3.05) is 0 Å². The van der Waals surface area contributed by atoms with E-state index in [9.17, 15) is 4.79 Å². The van der Waals surface area contributed by atoms with E-state index in [-0.39, 0.29) is 11.5 Å². The van der Waals surface area contributed by atoms with Crippen LogP contribution in [0.1, 0.15) is 22.6 Å². The predicted octanol–water partition coefficient (Wildman–Crippen LogP) is 4.10. The lowest BCUT2D eigenvalue weighted by Crippen LogP contribution is -2.05. The fraction of sp³-hybridized carbons (Fsp3) is 0.0476. The van der Waals surface area contributed by atoms with Crippen LogP contribution in [0.2, 0.25) is 0 Å². The third kappa shape index (κ3) is 2.72. The van der Waals surface area contributed by atoms with Gasteiger partial charge >= 0.3 is 0 Å². The Kier molecular flexibility index (Phi) is 3.67. The number of hydrogen-bond donors (Lipinski definition) is 1. The third-order valence-electron chi connectivity index (χ3n) is 4.23. The summed E-state index contributed by atoms with van der Waals surface area (Å²) in [6.07, 6.45) is 3.70. The molecule has 0 aliphatic heterocycles. The summed E-state index contributed by atoms with van der Waals surface area (Å²) in [5, 5.41) is 1.02. The van der Waals surface area contributed by atoms with E-state index in [1.54, 1.807) is 12.3 Å². The van der Waals surface area contributed by atoms with Gasteiger partial charge in [-0.1, -0.05) is 42.5 Å². The predicted molar refractivity (Wildman–Crippen MR) is 96.2 cm³/mol. The summed E-state index contributed by atoms with van der Waals surface area (Å²) in [6, 6.07) is 24.1. The standard InChI is InChI=1S/C21H16N2O/c24-20-11-9-16-13-17(8-10-19(16)23-20)21(15-5-2-1-3-6-15)18-7-4-12-22-14-18/h1-14,21H,(H,23,24). The van der Waals surface area contributed by atoms with E-state index in [1.807, 2.05) is 30.5 Å². The van der Waals surface area contributed by atoms with Crippen molar-refractivity contribution in [2.45, 2.75) is 5.92 Å². The van der Waals surface area contributed by atoms with E-state index >= 15 is 0 Å². The smallest absolute Gasteiger partial charge is 0.248 e. The second-order valence-electron chi connectivity index (χ2n) is 5.80. The quantitative estimate of drug-likeness (QED) is 0.619. The van der Waals surface area contributed by atoms with Crippen molar-refractivity contribution in [3.8, 4) is 0 Å². The maximum absolute atomic E-state index is 11.5. The molecule has 24 heavy (non-hydrogen) atoms. The largest absolute Gasteiger partial charge is 0.322 e. The summed E-state index contributed by atoms with van der Waals surface area (Å²) < 4.78 is 0. The number of hydrogen-bond acceptors (Lipinski definition) is 2. The van der Waals surface area contributed by atoms with Crippen LogP contribution in [0.15, 0.2) is 90.0 Å². The number of H-pyrrole nitrogens is 1. The maximum Gasteiger partial charge on any atom is 0.248 e. The molecule has 0 radical (unpaired) electrons. The molecule has 0 saturated heterocycles. The minimum atomic E-state index is -0.0814. The van der Waals surface area contributed by atoms with E-state index in [0.29, 0.717) is 0 Å². The normalized spacial score (nSPS) is 12.2. The fourth-order valence-corrected chi connectivity index (χ4v) is 3.12. The molecule has 4 rings (SSSR count). The van der Waals surface area contributed by atoms with Gasteiger partial charge in [0.05, 0.1) is 0 Å². The minimum absolute atomic E-state index is 0.0814. The molecule has 1 atom stereocenters. The molecule has 2 aromatic carbocycles. The fourth-order valence-electron chi connectivity index (χ4n) is 3.12. The highest BCUT2D eigenvalue weighted by Crippen LogP contribution is 2.32. The topological polar surface area (TPSA) is 45.8 Å². The van der Waals surface area contributed by atoms with E-state index in [1.165, 1.54) is 11.1 Å². The monoisotopic (exact) mass is 312 g/mol. The summed E-state index contributed by atoms with van der Waals surface area (Å²) in [6.45, 7) is 0. The summed E-state index contributed by atoms with van der Waals surface area (Å²) in [4.78, 5) is 18.6. The zero-order valence-electron chi connectivity index (χ0n) is 13.0. The van der Waals surface area contributed by atoms with Crippen LogP contribution >= 0.6 is 0 Å². The van der Waals surface area contributed by atoms with Crippen LogP contribution in [0.25, 0.3) is 10.9 Å². The van der Waals surface area contributed by atoms with Gasteiger partial charge in [-0.05, 0) is 46.3 Å². The first-order valence-corrected chi connectivity index (χ1v) is 7.89. The van der Waals surface area contributed by atoms with Crippen LogP contribution in [0, 0.1) is 0 Å². The van der Waals surface area contributed by atoms with Crippen LogP contribution in [-0.4, -0.2) is 9.97 Å². The summed E-state index contributed by atoms with van der Waals surface area (Å²) in [5.41, 5.74) is 4.31. The van der Waals surface area contributed by atoms with E-state index in [2.05, 4.69) is 52.4 Å². The van der Waals surface area contributed by atoms with Gasteiger partial charge < -0.3 is 4.98 Å². The number of rotatable bonds is 3. The van der Waals surface area contributed by atoms with Gasteiger partial charge in [-0.25, -0.2) is 0 Å². The van der Waals surface area contributed by atoms with Crippen molar-refractivity contribution in [1.29, 1.82) is 0 Å². The van der Waals surface area contributed by atoms with Crippen molar-refractivity contribution in [3.63, 3.8) is 0 Å². The number of aromatic amines is 1. The minimum Gasteiger partial charge on any atom is -0.322 e. The van der Waals surface area contributed by atoms with Crippen molar-refractivity contribution < 1.29 is 0 Å². The Morgan fingerprint density at radius 1 is 0.792 bits per heavy atom. The van der Waals surface area contributed by atoms with Gasteiger partial charge in [-0.2, -0.15) is 0 Å². The second kappa shape index (κ2) is 6.13. The Bertz CT molecular complexity index is 984. The molecule has 0 fully saturated rings. The van der Waals surface area contributed by atoms with Gasteiger partial charge in [0.1, 0.15) is 0 Å². The van der Waals surface area contributed by atoms with Crippen molar-refractivity contribution >= 4 is 10.9 Å². The summed E-state index contributed by atoms with van der Waals surface area (Å²) in [5.74, 6) is 0.108. The third-order valence-corrected chi connectivity index (χ3v) is 4.23. The van der Waals surface area contributed by atoms with E-state index < -0.39 is 0 Å². The SMILES string of the molecule is O=c1ccc2cc(C(c3ccccc3)c3cccnc3)ccc2[nH]1. The number of nitrogens with one attached hydrogen (secondary N) is 1. The molecule has 0 amide bonds. The first-order valence-electron chi connectivity index (χ1n) is 7.89. The molecule has 0 bridgehead atoms. The highest BCUT2D eigenvalue weighted by Gasteiger charge is 2.17. The molecule has 2 heterocycles. The molecule has 1 unspecified atom stereocenters. The van der Waals surface area contributed by atoms with Crippen LogP contribution in [0.4, 0.5) is 0 Å². The molecular formula is C21H16N2O. The number of aromatic nitrogens is 2. The molecule has 3 nitrogen and oxygen atoms in total. The van der Waals surface area contributed by atoms with Gasteiger partial charge in [0.2, 0.25) is 5.56 Å². The lowest BCUT2D eigenvalue weighted by atomic mass is 9.85. The number of nitrogens with zero attached hydrogens (tertiary/aromatic N) is 1. The van der Waals surface area contributed by atoms with Gasteiger partial charge in [0.25, 0.3) is 0 Å². The average Bonchev–Trinajstić information content (AvgIpc) is 2.64. The van der Waals surface area contributed by atoms with Gasteiger partial charge in [0.15, 0.2) is 0 Å². The Morgan fingerprint density at radius 3 is 2.42 bits per heavy atom. The van der Waals surface area contributed by atoms with Crippen LogP contribution in [0.3, 0.4) is 0 Å². The zero-order valence-corrected chi connectivity index (χ0v) is 13.0. The van der Waals surface area contributed by atoms with Crippen molar-refractivity contribution in [1.82, 2.24) is 9.97 Å². The molecule has 116 valence electrons. The van der Waals surface area contributed by atoms with Crippen LogP contribution < -0.4 is 5.56 Å². The van der Waals surface area contributed by atoms with Crippen molar-refractivity contribution in [2.24, 2.45) is 0 Å². The number of benzene rings is 2. The molecular weight excluding hydrogens is 296 g/mol. The molecule has 0 aliphatic rings. The summed E-state index contributed by atoms with van der Waals surface area (Å²) in [7, 11) is 0. The summed E-state index contributed by atoms with van der Waals surface area (Å²) >= 11 is 0. The highest BCUT2D eigenvalue weighted by molar-refractivity contribution is 5.79. The van der Waals surface area contributed by atoms with Gasteiger partial charge in [-0.15, -0.1) is 0 Å². The Labute approximate surface area is 139 Å². The molecule has 4 aromatic rings. The Balaban J connectivity index is 1.90. The maximum atomic E-state index is 11.5. The second-order valence-corrected chi connectivity index (χ2v) is 5.80. The van der Waals surface area contributed by atoms with E-state index in [0.717, 1.165) is 16.5 Å². The van der Waals surface area contributed by atoms with E-state index in [4.69, 9.17) is 0 Å². The van der Waals surface area contributed by atoms with Crippen molar-refractivity contribution in [3.05, 3.63) is 112 Å². The number of fused-ring (bicyclic) bond motifs is 1. The van der Waals surface area contributed by atoms with Gasteiger partial charge in [0, 0.05) is 29.9 Å². The zero-order chi connectivity index (χ0) is 16.4. The molecule has 0 saturated carbocycles. The van der Waals surface area contributed by atoms with Gasteiger partial charge in [-0.3, -0.25) is 9.78 Å². The van der Waals surface area contributed by atoms with Crippen LogP contribution in [-0.2, 0) is 0 Å². The average molecular weight is 312 g/mol. The first-order chi connectivity index (χ1) is 11.8. The molecule has 1 N–H and O–H groups in total. The molecule has 2 aromatic heterocycles. The number of pyridine rings is 2. The molecule has 3 heteroatoms. The first kappa shape index (κ1) is 14.4. The molecule has 0 spiro atoms. The Hall–Kier alpha value is -3.20. The Morgan fingerprint density at radius 2 is 1.62 bits per heavy atom. The lowest BCUT2D eigenvalue weighted by molar-refractivity contribution is 0.965. The molecule has 0 aliphatic carbocycles. The van der Waals surface area contributed by atoms with Crippen LogP contribution in [0.5, 0.6) is 0 Å².